The van der Waals surface area contributed by atoms with Crippen molar-refractivity contribution < 1.29 is 27.5 Å². The van der Waals surface area contributed by atoms with Crippen molar-refractivity contribution >= 4 is 27.6 Å². The van der Waals surface area contributed by atoms with Crippen LogP contribution in [0.2, 0.25) is 0 Å². The Balaban J connectivity index is 2.03. The van der Waals surface area contributed by atoms with E-state index in [9.17, 15) is 18.0 Å². The lowest BCUT2D eigenvalue weighted by atomic mass is 10.2. The van der Waals surface area contributed by atoms with Gasteiger partial charge in [0, 0.05) is 5.69 Å². The Morgan fingerprint density at radius 2 is 1.81 bits per heavy atom. The van der Waals surface area contributed by atoms with E-state index in [2.05, 4.69) is 14.8 Å². The molecule has 0 atom stereocenters. The molecule has 0 bridgehead atoms. The van der Waals surface area contributed by atoms with E-state index in [0.29, 0.717) is 17.0 Å². The van der Waals surface area contributed by atoms with E-state index >= 15 is 0 Å². The van der Waals surface area contributed by atoms with E-state index in [1.807, 2.05) is 0 Å². The first-order valence-corrected chi connectivity index (χ1v) is 9.37. The predicted octanol–water partition coefficient (Wildman–Crippen LogP) is 1.71. The number of rotatable bonds is 7. The molecule has 0 saturated carbocycles. The zero-order chi connectivity index (χ0) is 20.0. The quantitative estimate of drug-likeness (QED) is 0.694. The molecule has 0 aliphatic heterocycles. The third-order valence-electron chi connectivity index (χ3n) is 3.66. The number of nitrogens with one attached hydrogen (secondary N) is 2. The number of anilines is 1. The van der Waals surface area contributed by atoms with Gasteiger partial charge in [0.1, 0.15) is 5.75 Å². The van der Waals surface area contributed by atoms with Crippen molar-refractivity contribution in [1.29, 1.82) is 0 Å². The van der Waals surface area contributed by atoms with Crippen LogP contribution >= 0.6 is 0 Å². The summed E-state index contributed by atoms with van der Waals surface area (Å²) in [5.74, 6) is -0.580. The van der Waals surface area contributed by atoms with E-state index in [1.54, 1.807) is 25.1 Å². The van der Waals surface area contributed by atoms with E-state index in [1.165, 1.54) is 38.5 Å². The minimum atomic E-state index is -3.87. The van der Waals surface area contributed by atoms with E-state index < -0.39 is 28.4 Å². The van der Waals surface area contributed by atoms with Crippen LogP contribution in [-0.4, -0.2) is 41.1 Å². The van der Waals surface area contributed by atoms with Crippen LogP contribution in [0.4, 0.5) is 5.69 Å². The van der Waals surface area contributed by atoms with Crippen molar-refractivity contribution in [3.8, 4) is 5.75 Å². The van der Waals surface area contributed by atoms with Crippen LogP contribution < -0.4 is 14.8 Å². The number of hydrogen-bond donors (Lipinski definition) is 2. The smallest absolute Gasteiger partial charge is 0.337 e. The van der Waals surface area contributed by atoms with Gasteiger partial charge in [-0.25, -0.2) is 17.9 Å². The van der Waals surface area contributed by atoms with Crippen molar-refractivity contribution in [2.45, 2.75) is 11.8 Å². The van der Waals surface area contributed by atoms with E-state index in [0.717, 1.165) is 0 Å². The van der Waals surface area contributed by atoms with Crippen molar-refractivity contribution in [3.05, 3.63) is 53.6 Å². The molecule has 0 radical (unpaired) electrons. The lowest BCUT2D eigenvalue weighted by Crippen LogP contribution is -2.33. The van der Waals surface area contributed by atoms with Gasteiger partial charge in [-0.15, -0.1) is 0 Å². The third-order valence-corrected chi connectivity index (χ3v) is 5.22. The van der Waals surface area contributed by atoms with Crippen LogP contribution in [0.1, 0.15) is 15.9 Å². The Kier molecular flexibility index (Phi) is 6.54. The number of aryl methyl sites for hydroxylation is 1. The molecule has 8 nitrogen and oxygen atoms in total. The molecule has 0 saturated heterocycles. The van der Waals surface area contributed by atoms with Crippen molar-refractivity contribution in [2.75, 3.05) is 26.1 Å². The lowest BCUT2D eigenvalue weighted by Gasteiger charge is -2.11. The Morgan fingerprint density at radius 3 is 2.44 bits per heavy atom. The fourth-order valence-electron chi connectivity index (χ4n) is 2.34. The summed E-state index contributed by atoms with van der Waals surface area (Å²) in [6.07, 6.45) is 0. The Bertz CT molecular complexity index is 956. The highest BCUT2D eigenvalue weighted by Crippen LogP contribution is 2.20. The molecule has 2 aromatic carbocycles. The summed E-state index contributed by atoms with van der Waals surface area (Å²) in [5, 5.41) is 2.52. The Morgan fingerprint density at radius 1 is 1.07 bits per heavy atom. The summed E-state index contributed by atoms with van der Waals surface area (Å²) < 4.78 is 36.7. The number of methoxy groups -OCH3 is 2. The minimum Gasteiger partial charge on any atom is -0.497 e. The van der Waals surface area contributed by atoms with Crippen molar-refractivity contribution in [1.82, 2.24) is 4.72 Å². The second-order valence-corrected chi connectivity index (χ2v) is 7.31. The highest BCUT2D eigenvalue weighted by Gasteiger charge is 2.18. The van der Waals surface area contributed by atoms with Gasteiger partial charge in [-0.2, -0.15) is 0 Å². The number of carbonyl (C=O) groups is 2. The van der Waals surface area contributed by atoms with Gasteiger partial charge in [-0.1, -0.05) is 6.07 Å². The summed E-state index contributed by atoms with van der Waals surface area (Å²) in [6, 6.07) is 10.7. The molecule has 2 N–H and O–H groups in total. The summed E-state index contributed by atoms with van der Waals surface area (Å²) in [6.45, 7) is 1.17. The lowest BCUT2D eigenvalue weighted by molar-refractivity contribution is -0.115. The number of ether oxygens (including phenoxy) is 2. The van der Waals surface area contributed by atoms with Gasteiger partial charge in [-0.05, 0) is 48.9 Å². The molecule has 0 aliphatic carbocycles. The fourth-order valence-corrected chi connectivity index (χ4v) is 3.54. The normalized spacial score (nSPS) is 10.9. The number of hydrogen-bond acceptors (Lipinski definition) is 6. The molecule has 2 aromatic rings. The van der Waals surface area contributed by atoms with Crippen LogP contribution in [-0.2, 0) is 19.6 Å². The van der Waals surface area contributed by atoms with Crippen LogP contribution in [0.15, 0.2) is 47.4 Å². The van der Waals surface area contributed by atoms with Crippen LogP contribution in [0.3, 0.4) is 0 Å². The molecule has 0 aromatic heterocycles. The molecular weight excluding hydrogens is 372 g/mol. The standard InChI is InChI=1S/C18H20N2O6S/c1-12-9-15(25-2)7-8-16(12)27(23,24)19-11-17(21)20-14-6-4-5-13(10-14)18(22)26-3/h4-10,19H,11H2,1-3H3,(H,20,21). The largest absolute Gasteiger partial charge is 0.497 e. The SMILES string of the molecule is COC(=O)c1cccc(NC(=O)CNS(=O)(=O)c2ccc(OC)cc2C)c1. The molecule has 0 fully saturated rings. The topological polar surface area (TPSA) is 111 Å². The van der Waals surface area contributed by atoms with Gasteiger partial charge < -0.3 is 14.8 Å². The summed E-state index contributed by atoms with van der Waals surface area (Å²) in [4.78, 5) is 23.6. The highest BCUT2D eigenvalue weighted by molar-refractivity contribution is 7.89. The molecule has 0 heterocycles. The van der Waals surface area contributed by atoms with E-state index in [4.69, 9.17) is 4.74 Å². The molecule has 144 valence electrons. The highest BCUT2D eigenvalue weighted by atomic mass is 32.2. The van der Waals surface area contributed by atoms with Crippen LogP contribution in [0.25, 0.3) is 0 Å². The fraction of sp³-hybridized carbons (Fsp3) is 0.222. The van der Waals surface area contributed by atoms with Crippen LogP contribution in [0.5, 0.6) is 5.75 Å². The van der Waals surface area contributed by atoms with Crippen LogP contribution in [0, 0.1) is 6.92 Å². The predicted molar refractivity (Wildman–Crippen MR) is 99.3 cm³/mol. The second kappa shape index (κ2) is 8.65. The zero-order valence-corrected chi connectivity index (χ0v) is 15.9. The maximum Gasteiger partial charge on any atom is 0.337 e. The molecular formula is C18H20N2O6S. The number of carbonyl (C=O) groups excluding carboxylic acids is 2. The molecule has 0 spiro atoms. The average Bonchev–Trinajstić information content (AvgIpc) is 2.65. The average molecular weight is 392 g/mol. The van der Waals surface area contributed by atoms with Gasteiger partial charge in [0.05, 0.1) is 31.2 Å². The minimum absolute atomic E-state index is 0.0591. The van der Waals surface area contributed by atoms with Gasteiger partial charge >= 0.3 is 5.97 Å². The second-order valence-electron chi connectivity index (χ2n) is 5.58. The Hall–Kier alpha value is -2.91. The van der Waals surface area contributed by atoms with Crippen molar-refractivity contribution in [2.24, 2.45) is 0 Å². The first-order valence-electron chi connectivity index (χ1n) is 7.89. The van der Waals surface area contributed by atoms with Gasteiger partial charge in [-0.3, -0.25) is 4.79 Å². The number of amides is 1. The maximum absolute atomic E-state index is 12.4. The molecule has 27 heavy (non-hydrogen) atoms. The summed E-state index contributed by atoms with van der Waals surface area (Å²) in [7, 11) is -1.13. The number of benzene rings is 2. The third kappa shape index (κ3) is 5.28. The molecule has 0 aliphatic rings. The molecule has 9 heteroatoms. The summed E-state index contributed by atoms with van der Waals surface area (Å²) in [5.41, 5.74) is 1.11. The van der Waals surface area contributed by atoms with Crippen molar-refractivity contribution in [3.63, 3.8) is 0 Å². The molecule has 2 rings (SSSR count). The number of sulfonamides is 1. The first kappa shape index (κ1) is 20.4. The first-order chi connectivity index (χ1) is 12.8. The Labute approximate surface area is 157 Å². The molecule has 0 unspecified atom stereocenters. The maximum atomic E-state index is 12.4. The monoisotopic (exact) mass is 392 g/mol. The van der Waals surface area contributed by atoms with Gasteiger partial charge in [0.25, 0.3) is 0 Å². The number of esters is 1. The van der Waals surface area contributed by atoms with Gasteiger partial charge in [0.15, 0.2) is 0 Å². The summed E-state index contributed by atoms with van der Waals surface area (Å²) >= 11 is 0. The van der Waals surface area contributed by atoms with E-state index in [-0.39, 0.29) is 10.5 Å². The zero-order valence-electron chi connectivity index (χ0n) is 15.1. The molecule has 1 amide bonds. The van der Waals surface area contributed by atoms with Gasteiger partial charge in [0.2, 0.25) is 15.9 Å².